The Labute approximate surface area is 141 Å². The van der Waals surface area contributed by atoms with Gasteiger partial charge in [-0.3, -0.25) is 14.4 Å². The largest absolute Gasteiger partial charge is 0.327 e. The maximum absolute atomic E-state index is 12.6. The first kappa shape index (κ1) is 14.9. The van der Waals surface area contributed by atoms with Crippen LogP contribution in [-0.2, 0) is 11.3 Å². The highest BCUT2D eigenvalue weighted by atomic mass is 79.9. The highest BCUT2D eigenvalue weighted by Crippen LogP contribution is 2.24. The van der Waals surface area contributed by atoms with Gasteiger partial charge in [0.05, 0.1) is 22.1 Å². The molecule has 1 aromatic heterocycles. The molecule has 0 spiro atoms. The van der Waals surface area contributed by atoms with Crippen LogP contribution >= 0.6 is 28.1 Å². The fraction of sp³-hybridized carbons (Fsp3) is 0.133. The van der Waals surface area contributed by atoms with Crippen molar-refractivity contribution in [2.24, 2.45) is 0 Å². The van der Waals surface area contributed by atoms with Gasteiger partial charge in [0.25, 0.3) is 5.91 Å². The molecule has 7 heteroatoms. The van der Waals surface area contributed by atoms with Gasteiger partial charge < -0.3 is 5.32 Å². The molecule has 1 amide bonds. The minimum Gasteiger partial charge on any atom is -0.327 e. The second-order valence-electron chi connectivity index (χ2n) is 4.66. The molecule has 1 aliphatic rings. The topological polar surface area (TPSA) is 50.2 Å². The number of anilines is 1. The van der Waals surface area contributed by atoms with Gasteiger partial charge in [0, 0.05) is 6.54 Å². The van der Waals surface area contributed by atoms with Gasteiger partial charge in [-0.2, -0.15) is 5.10 Å². The van der Waals surface area contributed by atoms with Gasteiger partial charge in [0.1, 0.15) is 5.70 Å². The van der Waals surface area contributed by atoms with Crippen LogP contribution in [0.4, 0.5) is 5.69 Å². The smallest absolute Gasteiger partial charge is 0.281 e. The third-order valence-electron chi connectivity index (χ3n) is 3.31. The molecule has 1 N–H and O–H groups in total. The zero-order valence-corrected chi connectivity index (χ0v) is 14.2. The molecular formula is C15H13BrN4OS. The lowest BCUT2D eigenvalue weighted by Gasteiger charge is -2.13. The van der Waals surface area contributed by atoms with Crippen LogP contribution in [0.5, 0.6) is 0 Å². The Balaban J connectivity index is 1.98. The normalized spacial score (nSPS) is 16.5. The van der Waals surface area contributed by atoms with E-state index in [-0.39, 0.29) is 5.91 Å². The Morgan fingerprint density at radius 1 is 1.36 bits per heavy atom. The molecule has 2 aromatic rings. The molecular weight excluding hydrogens is 364 g/mol. The first-order chi connectivity index (χ1) is 10.6. The summed E-state index contributed by atoms with van der Waals surface area (Å²) < 4.78 is 2.64. The second-order valence-corrected chi connectivity index (χ2v) is 5.90. The summed E-state index contributed by atoms with van der Waals surface area (Å²) in [6.07, 6.45) is 3.47. The van der Waals surface area contributed by atoms with Crippen molar-refractivity contribution in [3.05, 3.63) is 52.4 Å². The summed E-state index contributed by atoms with van der Waals surface area (Å²) in [5, 5.41) is 7.59. The molecule has 1 aromatic carbocycles. The predicted octanol–water partition coefficient (Wildman–Crippen LogP) is 2.93. The number of para-hydroxylation sites is 1. The number of carbonyl (C=O) groups excluding carboxylic acids is 1. The summed E-state index contributed by atoms with van der Waals surface area (Å²) in [7, 11) is 0. The predicted molar refractivity (Wildman–Crippen MR) is 93.2 cm³/mol. The summed E-state index contributed by atoms with van der Waals surface area (Å²) in [6, 6.07) is 9.33. The van der Waals surface area contributed by atoms with E-state index < -0.39 is 0 Å². The first-order valence-electron chi connectivity index (χ1n) is 6.75. The van der Waals surface area contributed by atoms with Crippen LogP contribution in [0.25, 0.3) is 6.08 Å². The van der Waals surface area contributed by atoms with Gasteiger partial charge >= 0.3 is 0 Å². The van der Waals surface area contributed by atoms with Gasteiger partial charge in [-0.15, -0.1) is 0 Å². The molecule has 0 aliphatic carbocycles. The minimum atomic E-state index is -0.174. The molecule has 0 saturated carbocycles. The number of nitrogens with one attached hydrogen (secondary N) is 1. The van der Waals surface area contributed by atoms with Crippen molar-refractivity contribution in [2.75, 3.05) is 4.90 Å². The molecule has 0 unspecified atom stereocenters. The summed E-state index contributed by atoms with van der Waals surface area (Å²) in [6.45, 7) is 2.71. The Kier molecular flexibility index (Phi) is 4.08. The van der Waals surface area contributed by atoms with Crippen molar-refractivity contribution in [3.8, 4) is 0 Å². The van der Waals surface area contributed by atoms with Gasteiger partial charge in [-0.05, 0) is 53.3 Å². The summed E-state index contributed by atoms with van der Waals surface area (Å²) in [5.41, 5.74) is 2.01. The molecule has 0 bridgehead atoms. The maximum Gasteiger partial charge on any atom is 0.281 e. The quantitative estimate of drug-likeness (QED) is 0.660. The van der Waals surface area contributed by atoms with Crippen molar-refractivity contribution in [1.29, 1.82) is 0 Å². The van der Waals surface area contributed by atoms with Crippen LogP contribution in [0, 0.1) is 0 Å². The number of rotatable bonds is 3. The molecule has 1 saturated heterocycles. The zero-order valence-electron chi connectivity index (χ0n) is 11.8. The van der Waals surface area contributed by atoms with Crippen LogP contribution < -0.4 is 10.2 Å². The van der Waals surface area contributed by atoms with Crippen LogP contribution in [0.2, 0.25) is 0 Å². The third kappa shape index (κ3) is 2.57. The molecule has 0 atom stereocenters. The Morgan fingerprint density at radius 2 is 2.09 bits per heavy atom. The SMILES string of the molecule is CCn1ncc(Br)c1/C=C1/NC(=S)N(c2ccccc2)C1=O. The number of thiocarbonyl (C=S) groups is 1. The second kappa shape index (κ2) is 6.02. The average molecular weight is 377 g/mol. The lowest BCUT2D eigenvalue weighted by molar-refractivity contribution is -0.113. The minimum absolute atomic E-state index is 0.174. The van der Waals surface area contributed by atoms with E-state index in [0.717, 1.165) is 15.9 Å². The number of benzene rings is 1. The molecule has 1 aliphatic heterocycles. The van der Waals surface area contributed by atoms with Crippen molar-refractivity contribution in [3.63, 3.8) is 0 Å². The fourth-order valence-corrected chi connectivity index (χ4v) is 2.96. The molecule has 3 rings (SSSR count). The number of aryl methyl sites for hydroxylation is 1. The Hall–Kier alpha value is -1.99. The number of amides is 1. The summed E-state index contributed by atoms with van der Waals surface area (Å²) >= 11 is 8.73. The van der Waals surface area contributed by atoms with E-state index in [2.05, 4.69) is 26.3 Å². The summed E-state index contributed by atoms with van der Waals surface area (Å²) in [5.74, 6) is -0.174. The Bertz CT molecular complexity index is 769. The monoisotopic (exact) mass is 376 g/mol. The first-order valence-corrected chi connectivity index (χ1v) is 7.95. The standard InChI is InChI=1S/C15H13BrN4OS/c1-2-19-13(11(16)9-17-19)8-12-14(21)20(15(22)18-12)10-6-4-3-5-7-10/h3-9H,2H2,1H3,(H,18,22)/b12-8+. The van der Waals surface area contributed by atoms with Gasteiger partial charge in [0.15, 0.2) is 5.11 Å². The summed E-state index contributed by atoms with van der Waals surface area (Å²) in [4.78, 5) is 14.1. The van der Waals surface area contributed by atoms with Gasteiger partial charge in [0.2, 0.25) is 0 Å². The zero-order chi connectivity index (χ0) is 15.7. The number of nitrogens with zero attached hydrogens (tertiary/aromatic N) is 3. The van der Waals surface area contributed by atoms with Crippen molar-refractivity contribution >= 4 is 50.9 Å². The third-order valence-corrected chi connectivity index (χ3v) is 4.20. The molecule has 2 heterocycles. The van der Waals surface area contributed by atoms with Crippen molar-refractivity contribution < 1.29 is 4.79 Å². The molecule has 1 fully saturated rings. The highest BCUT2D eigenvalue weighted by molar-refractivity contribution is 9.10. The van der Waals surface area contributed by atoms with Crippen LogP contribution in [0.1, 0.15) is 12.6 Å². The van der Waals surface area contributed by atoms with Gasteiger partial charge in [-0.1, -0.05) is 18.2 Å². The number of carbonyl (C=O) groups is 1. The lowest BCUT2D eigenvalue weighted by atomic mass is 10.2. The average Bonchev–Trinajstić information content (AvgIpc) is 3.01. The van der Waals surface area contributed by atoms with E-state index in [1.807, 2.05) is 37.3 Å². The van der Waals surface area contributed by atoms with E-state index in [0.29, 0.717) is 17.4 Å². The maximum atomic E-state index is 12.6. The van der Waals surface area contributed by atoms with E-state index in [9.17, 15) is 4.79 Å². The lowest BCUT2D eigenvalue weighted by Crippen LogP contribution is -2.30. The molecule has 5 nitrogen and oxygen atoms in total. The number of hydrogen-bond acceptors (Lipinski definition) is 3. The van der Waals surface area contributed by atoms with E-state index in [1.165, 1.54) is 4.90 Å². The van der Waals surface area contributed by atoms with Crippen LogP contribution in [-0.4, -0.2) is 20.8 Å². The fourth-order valence-electron chi connectivity index (χ4n) is 2.25. The van der Waals surface area contributed by atoms with Crippen molar-refractivity contribution in [1.82, 2.24) is 15.1 Å². The molecule has 22 heavy (non-hydrogen) atoms. The van der Waals surface area contributed by atoms with E-state index in [4.69, 9.17) is 12.2 Å². The van der Waals surface area contributed by atoms with E-state index in [1.54, 1.807) is 17.0 Å². The number of halogens is 1. The van der Waals surface area contributed by atoms with Crippen LogP contribution in [0.15, 0.2) is 46.7 Å². The Morgan fingerprint density at radius 3 is 2.77 bits per heavy atom. The number of hydrogen-bond donors (Lipinski definition) is 1. The molecule has 112 valence electrons. The highest BCUT2D eigenvalue weighted by Gasteiger charge is 2.32. The number of aromatic nitrogens is 2. The van der Waals surface area contributed by atoms with Crippen molar-refractivity contribution in [2.45, 2.75) is 13.5 Å². The van der Waals surface area contributed by atoms with E-state index >= 15 is 0 Å². The van der Waals surface area contributed by atoms with Gasteiger partial charge in [-0.25, -0.2) is 0 Å². The van der Waals surface area contributed by atoms with Crippen LogP contribution in [0.3, 0.4) is 0 Å². The molecule has 0 radical (unpaired) electrons.